The predicted octanol–water partition coefficient (Wildman–Crippen LogP) is 3.27. The van der Waals surface area contributed by atoms with E-state index in [9.17, 15) is 0 Å². The fourth-order valence-electron chi connectivity index (χ4n) is 3.67. The van der Waals surface area contributed by atoms with Gasteiger partial charge in [-0.3, -0.25) is 9.89 Å². The molecule has 1 heterocycles. The van der Waals surface area contributed by atoms with Crippen LogP contribution in [0, 0.1) is 0 Å². The number of methoxy groups -OCH3 is 1. The normalized spacial score (nSPS) is 15.3. The van der Waals surface area contributed by atoms with Gasteiger partial charge < -0.3 is 19.9 Å². The number of likely N-dealkylation sites (N-methyl/N-ethyl adjacent to an activating group) is 1. The summed E-state index contributed by atoms with van der Waals surface area (Å²) >= 11 is 0. The Morgan fingerprint density at radius 2 is 1.55 bits per heavy atom. The molecule has 6 nitrogen and oxygen atoms in total. The van der Waals surface area contributed by atoms with Crippen LogP contribution >= 0.6 is 24.0 Å². The Kier molecular flexibility index (Phi) is 10.6. The van der Waals surface area contributed by atoms with Crippen LogP contribution in [0.4, 0.5) is 0 Å². The van der Waals surface area contributed by atoms with Crippen molar-refractivity contribution in [3.8, 4) is 5.75 Å². The van der Waals surface area contributed by atoms with Crippen LogP contribution < -0.4 is 10.1 Å². The number of hydrogen-bond donors (Lipinski definition) is 1. The maximum Gasteiger partial charge on any atom is 0.193 e. The van der Waals surface area contributed by atoms with Crippen LogP contribution in [0.2, 0.25) is 0 Å². The van der Waals surface area contributed by atoms with Gasteiger partial charge in [-0.15, -0.1) is 24.0 Å². The van der Waals surface area contributed by atoms with Crippen LogP contribution in [0.1, 0.15) is 16.7 Å². The highest BCUT2D eigenvalue weighted by Gasteiger charge is 2.13. The number of aliphatic imine (C=N–C) groups is 1. The molecule has 0 saturated carbocycles. The summed E-state index contributed by atoms with van der Waals surface area (Å²) in [5.41, 5.74) is 3.86. The molecule has 2 aromatic rings. The summed E-state index contributed by atoms with van der Waals surface area (Å²) in [7, 11) is 7.76. The molecule has 0 aliphatic carbocycles. The lowest BCUT2D eigenvalue weighted by atomic mass is 10.1. The number of halogens is 1. The number of rotatable bonds is 7. The van der Waals surface area contributed by atoms with Crippen LogP contribution in [-0.2, 0) is 19.6 Å². The van der Waals surface area contributed by atoms with E-state index < -0.39 is 0 Å². The minimum Gasteiger partial charge on any atom is -0.497 e. The molecule has 2 aromatic carbocycles. The average molecular weight is 537 g/mol. The molecule has 31 heavy (non-hydrogen) atoms. The second kappa shape index (κ2) is 12.9. The third-order valence-electron chi connectivity index (χ3n) is 5.63. The molecule has 1 N–H and O–H groups in total. The number of hydrogen-bond acceptors (Lipinski definition) is 4. The lowest BCUT2D eigenvalue weighted by Gasteiger charge is -2.32. The van der Waals surface area contributed by atoms with Gasteiger partial charge in [-0.25, -0.2) is 0 Å². The van der Waals surface area contributed by atoms with Crippen LogP contribution in [0.3, 0.4) is 0 Å². The molecule has 0 radical (unpaired) electrons. The molecule has 0 spiro atoms. The fraction of sp³-hybridized carbons (Fsp3) is 0.458. The average Bonchev–Trinajstić information content (AvgIpc) is 2.77. The molecular formula is C24H36IN5O. The Labute approximate surface area is 204 Å². The number of nitrogens with one attached hydrogen (secondary N) is 1. The van der Waals surface area contributed by atoms with Gasteiger partial charge in [0.1, 0.15) is 5.75 Å². The molecular weight excluding hydrogens is 501 g/mol. The molecule has 0 unspecified atom stereocenters. The van der Waals surface area contributed by atoms with Gasteiger partial charge in [0.25, 0.3) is 0 Å². The fourth-order valence-corrected chi connectivity index (χ4v) is 3.67. The van der Waals surface area contributed by atoms with Gasteiger partial charge in [0.15, 0.2) is 5.96 Å². The monoisotopic (exact) mass is 537 g/mol. The summed E-state index contributed by atoms with van der Waals surface area (Å²) in [5.74, 6) is 1.76. The quantitative estimate of drug-likeness (QED) is 0.334. The first-order valence-corrected chi connectivity index (χ1v) is 10.6. The van der Waals surface area contributed by atoms with Crippen molar-refractivity contribution < 1.29 is 4.74 Å². The minimum absolute atomic E-state index is 0. The Bertz CT molecular complexity index is 802. The van der Waals surface area contributed by atoms with Crippen LogP contribution in [-0.4, -0.2) is 75.1 Å². The Morgan fingerprint density at radius 1 is 0.968 bits per heavy atom. The molecule has 0 amide bonds. The van der Waals surface area contributed by atoms with Crippen LogP contribution in [0.25, 0.3) is 0 Å². The minimum atomic E-state index is 0. The van der Waals surface area contributed by atoms with E-state index in [-0.39, 0.29) is 24.0 Å². The molecule has 0 aromatic heterocycles. The lowest BCUT2D eigenvalue weighted by molar-refractivity contribution is 0.148. The van der Waals surface area contributed by atoms with Gasteiger partial charge in [-0.1, -0.05) is 36.4 Å². The van der Waals surface area contributed by atoms with Crippen LogP contribution in [0.15, 0.2) is 53.5 Å². The molecule has 7 heteroatoms. The van der Waals surface area contributed by atoms with Crippen molar-refractivity contribution in [2.45, 2.75) is 19.6 Å². The molecule has 1 aliphatic heterocycles. The van der Waals surface area contributed by atoms with Crippen LogP contribution in [0.5, 0.6) is 5.75 Å². The van der Waals surface area contributed by atoms with Crippen molar-refractivity contribution in [1.29, 1.82) is 0 Å². The second-order valence-electron chi connectivity index (χ2n) is 8.00. The van der Waals surface area contributed by atoms with Gasteiger partial charge in [-0.2, -0.15) is 0 Å². The highest BCUT2D eigenvalue weighted by molar-refractivity contribution is 14.0. The zero-order valence-electron chi connectivity index (χ0n) is 19.2. The van der Waals surface area contributed by atoms with Gasteiger partial charge in [-0.05, 0) is 35.9 Å². The Hall–Kier alpha value is -1.84. The lowest BCUT2D eigenvalue weighted by Crippen LogP contribution is -2.43. The number of nitrogens with zero attached hydrogens (tertiary/aromatic N) is 4. The standard InChI is InChI=1S/C24H35N5O.HI/c1-25-24(28(3)18-21-9-11-23(30-4)12-10-21)26-17-20-5-7-22(8-6-20)19-29-15-13-27(2)14-16-29;/h5-12H,13-19H2,1-4H3,(H,25,26);1H. The molecule has 3 rings (SSSR count). The summed E-state index contributed by atoms with van der Waals surface area (Å²) in [4.78, 5) is 11.5. The van der Waals surface area contributed by atoms with E-state index in [1.54, 1.807) is 7.11 Å². The van der Waals surface area contributed by atoms with Crippen molar-refractivity contribution in [3.63, 3.8) is 0 Å². The zero-order valence-corrected chi connectivity index (χ0v) is 21.5. The van der Waals surface area contributed by atoms with Crippen molar-refractivity contribution in [1.82, 2.24) is 20.0 Å². The maximum atomic E-state index is 5.23. The highest BCUT2D eigenvalue weighted by atomic mass is 127. The highest BCUT2D eigenvalue weighted by Crippen LogP contribution is 2.13. The van der Waals surface area contributed by atoms with E-state index in [2.05, 4.69) is 75.5 Å². The number of benzene rings is 2. The number of ether oxygens (including phenoxy) is 1. The van der Waals surface area contributed by atoms with E-state index in [0.29, 0.717) is 0 Å². The maximum absolute atomic E-state index is 5.23. The summed E-state index contributed by atoms with van der Waals surface area (Å²) in [6.07, 6.45) is 0. The zero-order chi connectivity index (χ0) is 21.3. The first kappa shape index (κ1) is 25.4. The van der Waals surface area contributed by atoms with E-state index in [4.69, 9.17) is 4.74 Å². The molecule has 1 saturated heterocycles. The van der Waals surface area contributed by atoms with Gasteiger partial charge in [0, 0.05) is 59.9 Å². The largest absolute Gasteiger partial charge is 0.497 e. The van der Waals surface area contributed by atoms with E-state index in [0.717, 1.165) is 57.5 Å². The molecule has 170 valence electrons. The third kappa shape index (κ3) is 7.97. The molecule has 0 bridgehead atoms. The smallest absolute Gasteiger partial charge is 0.193 e. The first-order chi connectivity index (χ1) is 14.6. The summed E-state index contributed by atoms with van der Waals surface area (Å²) in [5, 5.41) is 3.47. The predicted molar refractivity (Wildman–Crippen MR) is 139 cm³/mol. The topological polar surface area (TPSA) is 43.3 Å². The van der Waals surface area contributed by atoms with Crippen molar-refractivity contribution in [2.75, 3.05) is 54.4 Å². The first-order valence-electron chi connectivity index (χ1n) is 10.6. The SMILES string of the molecule is CN=C(NCc1ccc(CN2CCN(C)CC2)cc1)N(C)Cc1ccc(OC)cc1.I. The summed E-state index contributed by atoms with van der Waals surface area (Å²) < 4.78 is 5.23. The molecule has 0 atom stereocenters. The van der Waals surface area contributed by atoms with Gasteiger partial charge >= 0.3 is 0 Å². The number of guanidine groups is 1. The third-order valence-corrected chi connectivity index (χ3v) is 5.63. The van der Waals surface area contributed by atoms with E-state index in [1.165, 1.54) is 16.7 Å². The Morgan fingerprint density at radius 3 is 2.13 bits per heavy atom. The van der Waals surface area contributed by atoms with E-state index in [1.807, 2.05) is 19.2 Å². The number of piperazine rings is 1. The molecule has 1 aliphatic rings. The summed E-state index contributed by atoms with van der Waals surface area (Å²) in [6, 6.07) is 17.1. The van der Waals surface area contributed by atoms with Crippen molar-refractivity contribution in [2.24, 2.45) is 4.99 Å². The van der Waals surface area contributed by atoms with E-state index >= 15 is 0 Å². The summed E-state index contributed by atoms with van der Waals surface area (Å²) in [6.45, 7) is 7.19. The van der Waals surface area contributed by atoms with Crippen molar-refractivity contribution in [3.05, 3.63) is 65.2 Å². The van der Waals surface area contributed by atoms with Gasteiger partial charge in [0.05, 0.1) is 7.11 Å². The second-order valence-corrected chi connectivity index (χ2v) is 8.00. The van der Waals surface area contributed by atoms with Gasteiger partial charge in [0.2, 0.25) is 0 Å². The van der Waals surface area contributed by atoms with Crippen molar-refractivity contribution >= 4 is 29.9 Å². The Balaban J connectivity index is 0.00000341. The molecule has 1 fully saturated rings.